The van der Waals surface area contributed by atoms with E-state index in [-0.39, 0.29) is 17.9 Å². The summed E-state index contributed by atoms with van der Waals surface area (Å²) in [6, 6.07) is 14.5. The van der Waals surface area contributed by atoms with Crippen LogP contribution in [0.1, 0.15) is 11.3 Å². The molecule has 0 saturated carbocycles. The first-order valence-corrected chi connectivity index (χ1v) is 8.93. The van der Waals surface area contributed by atoms with Gasteiger partial charge >= 0.3 is 6.03 Å². The molecular formula is C21H15FN4O4. The summed E-state index contributed by atoms with van der Waals surface area (Å²) in [5, 5.41) is 13.4. The molecule has 0 radical (unpaired) electrons. The Hall–Kier alpha value is -4.27. The lowest BCUT2D eigenvalue weighted by Crippen LogP contribution is -2.30. The molecule has 1 fully saturated rings. The number of hydrogen-bond acceptors (Lipinski definition) is 4. The Morgan fingerprint density at radius 1 is 1.03 bits per heavy atom. The summed E-state index contributed by atoms with van der Waals surface area (Å²) in [6.07, 6.45) is 3.28. The maximum Gasteiger partial charge on any atom is 0.329 e. The van der Waals surface area contributed by atoms with Crippen LogP contribution in [-0.2, 0) is 11.3 Å². The Morgan fingerprint density at radius 3 is 2.40 bits per heavy atom. The Bertz CT molecular complexity index is 1170. The highest BCUT2D eigenvalue weighted by molar-refractivity contribution is 6.13. The Morgan fingerprint density at radius 2 is 1.73 bits per heavy atom. The number of nitro benzene ring substituents is 1. The van der Waals surface area contributed by atoms with Crippen LogP contribution in [0.5, 0.6) is 0 Å². The third kappa shape index (κ3) is 3.68. The maximum atomic E-state index is 13.1. The summed E-state index contributed by atoms with van der Waals surface area (Å²) >= 11 is 0. The number of aromatic nitrogens is 1. The first-order valence-electron chi connectivity index (χ1n) is 8.93. The van der Waals surface area contributed by atoms with E-state index >= 15 is 0 Å². The van der Waals surface area contributed by atoms with E-state index in [2.05, 4.69) is 5.32 Å². The highest BCUT2D eigenvalue weighted by Gasteiger charge is 2.33. The molecule has 2 aromatic carbocycles. The van der Waals surface area contributed by atoms with E-state index in [1.165, 1.54) is 42.5 Å². The molecule has 1 aliphatic heterocycles. The van der Waals surface area contributed by atoms with E-state index in [1.54, 1.807) is 35.0 Å². The Balaban J connectivity index is 1.58. The fraction of sp³-hybridized carbons (Fsp3) is 0.0476. The molecule has 1 saturated heterocycles. The van der Waals surface area contributed by atoms with Gasteiger partial charge in [0, 0.05) is 29.7 Å². The monoisotopic (exact) mass is 406 g/mol. The molecule has 0 unspecified atom stereocenters. The minimum Gasteiger partial charge on any atom is -0.317 e. The third-order valence-corrected chi connectivity index (χ3v) is 4.63. The zero-order valence-corrected chi connectivity index (χ0v) is 15.5. The number of benzene rings is 2. The summed E-state index contributed by atoms with van der Waals surface area (Å²) in [5.41, 5.74) is 1.97. The number of imide groups is 1. The van der Waals surface area contributed by atoms with Crippen molar-refractivity contribution >= 4 is 23.7 Å². The normalized spacial score (nSPS) is 15.0. The number of non-ortho nitro benzene ring substituents is 1. The average molecular weight is 406 g/mol. The zero-order valence-electron chi connectivity index (χ0n) is 15.5. The molecule has 0 spiro atoms. The predicted octanol–water partition coefficient (Wildman–Crippen LogP) is 3.62. The molecule has 4 rings (SSSR count). The van der Waals surface area contributed by atoms with Crippen LogP contribution in [0.15, 0.2) is 72.6 Å². The highest BCUT2D eigenvalue weighted by Crippen LogP contribution is 2.21. The van der Waals surface area contributed by atoms with Gasteiger partial charge in [-0.2, -0.15) is 0 Å². The van der Waals surface area contributed by atoms with E-state index in [9.17, 15) is 24.1 Å². The summed E-state index contributed by atoms with van der Waals surface area (Å²) in [7, 11) is 0. The molecule has 1 aliphatic rings. The number of carbonyl (C=O) groups excluding carboxylic acids is 2. The van der Waals surface area contributed by atoms with Gasteiger partial charge in [-0.25, -0.2) is 9.18 Å². The molecule has 1 aromatic heterocycles. The van der Waals surface area contributed by atoms with Crippen molar-refractivity contribution in [1.82, 2.24) is 14.8 Å². The number of carbonyl (C=O) groups is 2. The second-order valence-corrected chi connectivity index (χ2v) is 6.58. The summed E-state index contributed by atoms with van der Waals surface area (Å²) in [6.45, 7) is 0.0195. The van der Waals surface area contributed by atoms with Gasteiger partial charge in [0.05, 0.1) is 11.5 Å². The van der Waals surface area contributed by atoms with Crippen LogP contribution < -0.4 is 5.32 Å². The zero-order chi connectivity index (χ0) is 21.3. The van der Waals surface area contributed by atoms with Gasteiger partial charge in [-0.05, 0) is 48.0 Å². The smallest absolute Gasteiger partial charge is 0.317 e. The van der Waals surface area contributed by atoms with Gasteiger partial charge in [-0.1, -0.05) is 12.1 Å². The fourth-order valence-corrected chi connectivity index (χ4v) is 3.12. The lowest BCUT2D eigenvalue weighted by atomic mass is 10.2. The summed E-state index contributed by atoms with van der Waals surface area (Å²) < 4.78 is 14.8. The van der Waals surface area contributed by atoms with E-state index < -0.39 is 22.7 Å². The number of amides is 3. The first-order chi connectivity index (χ1) is 14.4. The van der Waals surface area contributed by atoms with Crippen LogP contribution in [0.25, 0.3) is 11.8 Å². The Labute approximate surface area is 170 Å². The number of urea groups is 1. The van der Waals surface area contributed by atoms with Crippen molar-refractivity contribution < 1.29 is 18.9 Å². The summed E-state index contributed by atoms with van der Waals surface area (Å²) in [4.78, 5) is 36.3. The Kier molecular flexibility index (Phi) is 4.85. The number of halogens is 1. The van der Waals surface area contributed by atoms with Crippen LogP contribution in [0.4, 0.5) is 14.9 Å². The fourth-order valence-electron chi connectivity index (χ4n) is 3.12. The van der Waals surface area contributed by atoms with Crippen molar-refractivity contribution in [1.29, 1.82) is 0 Å². The summed E-state index contributed by atoms with van der Waals surface area (Å²) in [5.74, 6) is -0.899. The molecule has 0 aliphatic carbocycles. The van der Waals surface area contributed by atoms with Gasteiger partial charge in [0.1, 0.15) is 11.5 Å². The average Bonchev–Trinajstić information content (AvgIpc) is 3.30. The molecule has 150 valence electrons. The van der Waals surface area contributed by atoms with Crippen molar-refractivity contribution in [2.45, 2.75) is 6.54 Å². The molecule has 0 atom stereocenters. The SMILES string of the molecule is O=C1NC(=Cc2cccn2-c2ccc([N+](=O)[O-])cc2)C(=O)N1Cc1ccc(F)cc1. The molecule has 9 heteroatoms. The second kappa shape index (κ2) is 7.63. The van der Waals surface area contributed by atoms with E-state index in [1.807, 2.05) is 0 Å². The van der Waals surface area contributed by atoms with Gasteiger partial charge in [-0.3, -0.25) is 19.8 Å². The minimum atomic E-state index is -0.566. The van der Waals surface area contributed by atoms with Crippen molar-refractivity contribution in [2.24, 2.45) is 0 Å². The van der Waals surface area contributed by atoms with Crippen LogP contribution in [-0.4, -0.2) is 26.3 Å². The molecular weight excluding hydrogens is 391 g/mol. The van der Waals surface area contributed by atoms with E-state index in [4.69, 9.17) is 0 Å². The predicted molar refractivity (Wildman–Crippen MR) is 106 cm³/mol. The third-order valence-electron chi connectivity index (χ3n) is 4.63. The number of nitrogens with one attached hydrogen (secondary N) is 1. The molecule has 30 heavy (non-hydrogen) atoms. The van der Waals surface area contributed by atoms with Crippen molar-refractivity contribution in [3.05, 3.63) is 99.7 Å². The number of nitrogens with zero attached hydrogens (tertiary/aromatic N) is 3. The van der Waals surface area contributed by atoms with Gasteiger partial charge in [0.15, 0.2) is 0 Å². The largest absolute Gasteiger partial charge is 0.329 e. The van der Waals surface area contributed by atoms with Crippen LogP contribution in [0.2, 0.25) is 0 Å². The first kappa shape index (κ1) is 19.1. The number of nitro groups is 1. The van der Waals surface area contributed by atoms with Crippen LogP contribution in [0.3, 0.4) is 0 Å². The molecule has 3 aromatic rings. The van der Waals surface area contributed by atoms with Crippen LogP contribution >= 0.6 is 0 Å². The quantitative estimate of drug-likeness (QED) is 0.303. The van der Waals surface area contributed by atoms with Crippen molar-refractivity contribution in [3.63, 3.8) is 0 Å². The molecule has 1 N–H and O–H groups in total. The minimum absolute atomic E-state index is 0.0195. The second-order valence-electron chi connectivity index (χ2n) is 6.58. The lowest BCUT2D eigenvalue weighted by Gasteiger charge is -2.11. The van der Waals surface area contributed by atoms with Gasteiger partial charge in [0.25, 0.3) is 11.6 Å². The van der Waals surface area contributed by atoms with Crippen molar-refractivity contribution in [3.8, 4) is 5.69 Å². The van der Waals surface area contributed by atoms with Gasteiger partial charge < -0.3 is 9.88 Å². The maximum absolute atomic E-state index is 13.1. The van der Waals surface area contributed by atoms with E-state index in [0.717, 1.165) is 4.90 Å². The molecule has 3 amide bonds. The van der Waals surface area contributed by atoms with Gasteiger partial charge in [-0.15, -0.1) is 0 Å². The lowest BCUT2D eigenvalue weighted by molar-refractivity contribution is -0.384. The van der Waals surface area contributed by atoms with Crippen LogP contribution in [0, 0.1) is 15.9 Å². The standard InChI is InChI=1S/C21H15FN4O4/c22-15-5-3-14(4-6-15)13-25-20(27)19(23-21(25)28)12-18-2-1-11-24(18)16-7-9-17(10-8-16)26(29)30/h1-12H,13H2,(H,23,28). The highest BCUT2D eigenvalue weighted by atomic mass is 19.1. The van der Waals surface area contributed by atoms with Crippen molar-refractivity contribution in [2.75, 3.05) is 0 Å². The topological polar surface area (TPSA) is 97.5 Å². The number of hydrogen-bond donors (Lipinski definition) is 1. The molecule has 2 heterocycles. The van der Waals surface area contributed by atoms with Gasteiger partial charge in [0.2, 0.25) is 0 Å². The number of rotatable bonds is 5. The molecule has 8 nitrogen and oxygen atoms in total. The van der Waals surface area contributed by atoms with E-state index in [0.29, 0.717) is 16.9 Å². The molecule has 0 bridgehead atoms.